The summed E-state index contributed by atoms with van der Waals surface area (Å²) in [6.45, 7) is 5.90. The zero-order valence-electron chi connectivity index (χ0n) is 14.6. The quantitative estimate of drug-likeness (QED) is 0.597. The molecule has 1 fully saturated rings. The van der Waals surface area contributed by atoms with E-state index in [4.69, 9.17) is 4.74 Å². The van der Waals surface area contributed by atoms with Crippen molar-refractivity contribution in [3.05, 3.63) is 28.4 Å². The predicted molar refractivity (Wildman–Crippen MR) is 92.7 cm³/mol. The minimum absolute atomic E-state index is 0.0535. The molecule has 1 saturated heterocycles. The molecule has 8 nitrogen and oxygen atoms in total. The highest BCUT2D eigenvalue weighted by molar-refractivity contribution is 7.85. The molecule has 1 aromatic heterocycles. The third kappa shape index (κ3) is 5.22. The number of pyridine rings is 1. The van der Waals surface area contributed by atoms with Gasteiger partial charge >= 0.3 is 11.8 Å². The molecular weight excluding hydrogens is 346 g/mol. The van der Waals surface area contributed by atoms with Crippen molar-refractivity contribution in [2.24, 2.45) is 0 Å². The Morgan fingerprint density at radius 1 is 1.48 bits per heavy atom. The summed E-state index contributed by atoms with van der Waals surface area (Å²) in [5, 5.41) is 11.0. The SMILES string of the molecule is CC(C)(C)OC(=O)N1CCCCC1CS(=O)c1ncccc1[N+](=O)[O-]. The van der Waals surface area contributed by atoms with Gasteiger partial charge in [-0.2, -0.15) is 0 Å². The molecule has 25 heavy (non-hydrogen) atoms. The van der Waals surface area contributed by atoms with Crippen molar-refractivity contribution in [2.45, 2.75) is 56.7 Å². The highest BCUT2D eigenvalue weighted by Crippen LogP contribution is 2.25. The molecule has 0 N–H and O–H groups in total. The second kappa shape index (κ2) is 7.90. The van der Waals surface area contributed by atoms with Crippen LogP contribution in [0.25, 0.3) is 0 Å². The Hall–Kier alpha value is -2.03. The Labute approximate surface area is 149 Å². The van der Waals surface area contributed by atoms with Gasteiger partial charge in [0.15, 0.2) is 0 Å². The minimum atomic E-state index is -1.68. The van der Waals surface area contributed by atoms with E-state index in [-0.39, 0.29) is 22.5 Å². The van der Waals surface area contributed by atoms with E-state index in [1.807, 2.05) is 0 Å². The zero-order chi connectivity index (χ0) is 18.6. The molecule has 0 saturated carbocycles. The van der Waals surface area contributed by atoms with Crippen LogP contribution in [-0.2, 0) is 15.5 Å². The van der Waals surface area contributed by atoms with Crippen LogP contribution in [0.15, 0.2) is 23.4 Å². The average Bonchev–Trinajstić information content (AvgIpc) is 2.53. The molecule has 1 amide bonds. The number of ether oxygens (including phenoxy) is 1. The number of nitrogens with zero attached hydrogens (tertiary/aromatic N) is 3. The maximum Gasteiger partial charge on any atom is 0.410 e. The van der Waals surface area contributed by atoms with Crippen LogP contribution in [0.4, 0.5) is 10.5 Å². The maximum atomic E-state index is 12.7. The molecule has 2 unspecified atom stereocenters. The Morgan fingerprint density at radius 2 is 2.20 bits per heavy atom. The lowest BCUT2D eigenvalue weighted by Crippen LogP contribution is -2.48. The van der Waals surface area contributed by atoms with Crippen LogP contribution in [0.3, 0.4) is 0 Å². The number of hydrogen-bond donors (Lipinski definition) is 0. The number of amides is 1. The highest BCUT2D eigenvalue weighted by Gasteiger charge is 2.33. The normalized spacial score (nSPS) is 19.3. The highest BCUT2D eigenvalue weighted by atomic mass is 32.2. The van der Waals surface area contributed by atoms with E-state index < -0.39 is 27.4 Å². The molecule has 2 heterocycles. The first-order chi connectivity index (χ1) is 11.7. The first-order valence-electron chi connectivity index (χ1n) is 8.16. The van der Waals surface area contributed by atoms with Crippen LogP contribution in [-0.4, -0.2) is 49.0 Å². The van der Waals surface area contributed by atoms with Crippen molar-refractivity contribution in [3.8, 4) is 0 Å². The fourth-order valence-corrected chi connectivity index (χ4v) is 4.09. The van der Waals surface area contributed by atoms with Crippen LogP contribution in [0, 0.1) is 10.1 Å². The molecule has 0 radical (unpaired) electrons. The number of piperidine rings is 1. The summed E-state index contributed by atoms with van der Waals surface area (Å²) in [6, 6.07) is 2.44. The number of rotatable bonds is 4. The van der Waals surface area contributed by atoms with E-state index in [1.165, 1.54) is 18.3 Å². The molecule has 1 aromatic rings. The molecule has 1 aliphatic rings. The number of carbonyl (C=O) groups is 1. The molecule has 138 valence electrons. The van der Waals surface area contributed by atoms with Crippen molar-refractivity contribution in [1.29, 1.82) is 0 Å². The van der Waals surface area contributed by atoms with E-state index >= 15 is 0 Å². The van der Waals surface area contributed by atoms with Crippen LogP contribution >= 0.6 is 0 Å². The van der Waals surface area contributed by atoms with Gasteiger partial charge in [0.25, 0.3) is 0 Å². The molecule has 0 aromatic carbocycles. The van der Waals surface area contributed by atoms with Crippen molar-refractivity contribution in [3.63, 3.8) is 0 Å². The van der Waals surface area contributed by atoms with Crippen LogP contribution in [0.2, 0.25) is 0 Å². The van der Waals surface area contributed by atoms with Gasteiger partial charge in [-0.05, 0) is 46.1 Å². The van der Waals surface area contributed by atoms with E-state index in [0.29, 0.717) is 13.0 Å². The Bertz CT molecular complexity index is 674. The zero-order valence-corrected chi connectivity index (χ0v) is 15.5. The number of hydrogen-bond acceptors (Lipinski definition) is 6. The van der Waals surface area contributed by atoms with Crippen molar-refractivity contribution < 1.29 is 18.7 Å². The summed E-state index contributed by atoms with van der Waals surface area (Å²) in [4.78, 5) is 28.4. The van der Waals surface area contributed by atoms with E-state index in [0.717, 1.165) is 12.8 Å². The lowest BCUT2D eigenvalue weighted by atomic mass is 10.0. The van der Waals surface area contributed by atoms with E-state index in [2.05, 4.69) is 4.98 Å². The summed E-state index contributed by atoms with van der Waals surface area (Å²) in [5.41, 5.74) is -0.877. The van der Waals surface area contributed by atoms with Gasteiger partial charge in [0.05, 0.1) is 21.5 Å². The number of aromatic nitrogens is 1. The predicted octanol–water partition coefficient (Wildman–Crippen LogP) is 2.89. The van der Waals surface area contributed by atoms with Gasteiger partial charge in [0.2, 0.25) is 5.03 Å². The van der Waals surface area contributed by atoms with E-state index in [1.54, 1.807) is 25.7 Å². The van der Waals surface area contributed by atoms with Gasteiger partial charge in [0.1, 0.15) is 5.60 Å². The fraction of sp³-hybridized carbons (Fsp3) is 0.625. The third-order valence-corrected chi connectivity index (χ3v) is 5.20. The molecular formula is C16H23N3O5S. The summed E-state index contributed by atoms with van der Waals surface area (Å²) in [6.07, 6.45) is 3.39. The van der Waals surface area contributed by atoms with Crippen LogP contribution in [0.5, 0.6) is 0 Å². The smallest absolute Gasteiger partial charge is 0.410 e. The Balaban J connectivity index is 2.15. The van der Waals surface area contributed by atoms with Crippen molar-refractivity contribution in [2.75, 3.05) is 12.3 Å². The fourth-order valence-electron chi connectivity index (χ4n) is 2.69. The molecule has 0 bridgehead atoms. The summed E-state index contributed by atoms with van der Waals surface area (Å²) in [5.74, 6) is 0.108. The van der Waals surface area contributed by atoms with Gasteiger partial charge in [-0.15, -0.1) is 0 Å². The van der Waals surface area contributed by atoms with Crippen LogP contribution < -0.4 is 0 Å². The first-order valence-corrected chi connectivity index (χ1v) is 9.48. The van der Waals surface area contributed by atoms with Crippen molar-refractivity contribution >= 4 is 22.6 Å². The standard InChI is InChI=1S/C16H23N3O5S/c1-16(2,3)24-15(20)18-10-5-4-7-12(18)11-25(23)14-13(19(21)22)8-6-9-17-14/h6,8-9,12H,4-5,7,10-11H2,1-3H3. The van der Waals surface area contributed by atoms with Gasteiger partial charge in [-0.25, -0.2) is 9.78 Å². The van der Waals surface area contributed by atoms with Gasteiger partial charge in [-0.3, -0.25) is 14.3 Å². The van der Waals surface area contributed by atoms with Gasteiger partial charge < -0.3 is 9.64 Å². The maximum absolute atomic E-state index is 12.7. The number of carbonyl (C=O) groups excluding carboxylic acids is 1. The molecule has 0 spiro atoms. The molecule has 0 aliphatic carbocycles. The lowest BCUT2D eigenvalue weighted by Gasteiger charge is -2.36. The lowest BCUT2D eigenvalue weighted by molar-refractivity contribution is -0.388. The number of likely N-dealkylation sites (tertiary alicyclic amines) is 1. The number of nitro groups is 1. The Kier molecular flexibility index (Phi) is 6.10. The topological polar surface area (TPSA) is 103 Å². The average molecular weight is 369 g/mol. The van der Waals surface area contributed by atoms with Gasteiger partial charge in [0, 0.05) is 24.8 Å². The molecule has 2 rings (SSSR count). The van der Waals surface area contributed by atoms with E-state index in [9.17, 15) is 19.1 Å². The Morgan fingerprint density at radius 3 is 2.84 bits per heavy atom. The minimum Gasteiger partial charge on any atom is -0.444 e. The third-order valence-electron chi connectivity index (χ3n) is 3.76. The molecule has 9 heteroatoms. The van der Waals surface area contributed by atoms with Gasteiger partial charge in [-0.1, -0.05) is 0 Å². The van der Waals surface area contributed by atoms with Crippen LogP contribution in [0.1, 0.15) is 40.0 Å². The summed E-state index contributed by atoms with van der Waals surface area (Å²) >= 11 is 0. The molecule has 2 atom stereocenters. The summed E-state index contributed by atoms with van der Waals surface area (Å²) in [7, 11) is -1.68. The summed E-state index contributed by atoms with van der Waals surface area (Å²) < 4.78 is 18.1. The molecule has 1 aliphatic heterocycles. The largest absolute Gasteiger partial charge is 0.444 e. The second-order valence-electron chi connectivity index (χ2n) is 6.92. The first kappa shape index (κ1) is 19.3. The monoisotopic (exact) mass is 369 g/mol. The second-order valence-corrected chi connectivity index (χ2v) is 8.33. The van der Waals surface area contributed by atoms with Crippen molar-refractivity contribution in [1.82, 2.24) is 9.88 Å².